The van der Waals surface area contributed by atoms with Crippen molar-refractivity contribution >= 4 is 17.8 Å². The molecule has 1 aromatic carbocycles. The second-order valence-electron chi connectivity index (χ2n) is 3.86. The van der Waals surface area contributed by atoms with Crippen LogP contribution in [0.15, 0.2) is 33.9 Å². The number of nitrogens with zero attached hydrogens (tertiary/aromatic N) is 2. The maximum atomic E-state index is 5.78. The molecule has 0 N–H and O–H groups in total. The van der Waals surface area contributed by atoms with Crippen molar-refractivity contribution < 1.29 is 9.36 Å². The van der Waals surface area contributed by atoms with Crippen molar-refractivity contribution in [1.29, 1.82) is 0 Å². The molecular weight excluding hydrogens is 252 g/mol. The van der Waals surface area contributed by atoms with Crippen molar-refractivity contribution in [3.63, 3.8) is 0 Å². The molecule has 0 saturated heterocycles. The molecule has 1 heterocycles. The molecule has 4 nitrogen and oxygen atoms in total. The highest BCUT2D eigenvalue weighted by Crippen LogP contribution is 2.13. The van der Waals surface area contributed by atoms with Gasteiger partial charge in [-0.2, -0.15) is 0 Å². The lowest BCUT2D eigenvalue weighted by atomic mass is 10.2. The van der Waals surface area contributed by atoms with E-state index in [9.17, 15) is 0 Å². The number of aromatic nitrogens is 1. The quantitative estimate of drug-likeness (QED) is 0.627. The van der Waals surface area contributed by atoms with Crippen molar-refractivity contribution in [3.8, 4) is 0 Å². The molecule has 0 spiro atoms. The zero-order valence-corrected chi connectivity index (χ0v) is 10.9. The van der Waals surface area contributed by atoms with Gasteiger partial charge in [-0.15, -0.1) is 0 Å². The largest absolute Gasteiger partial charge is 0.391 e. The summed E-state index contributed by atoms with van der Waals surface area (Å²) < 4.78 is 5.03. The molecule has 0 amide bonds. The number of aryl methyl sites for hydroxylation is 2. The third-order valence-corrected chi connectivity index (χ3v) is 2.79. The van der Waals surface area contributed by atoms with Crippen LogP contribution >= 0.6 is 11.6 Å². The first-order valence-corrected chi connectivity index (χ1v) is 5.87. The molecule has 5 heteroatoms. The molecule has 1 aromatic heterocycles. The molecule has 0 saturated carbocycles. The van der Waals surface area contributed by atoms with E-state index in [2.05, 4.69) is 10.3 Å². The summed E-state index contributed by atoms with van der Waals surface area (Å²) >= 11 is 5.78. The zero-order valence-electron chi connectivity index (χ0n) is 10.2. The minimum Gasteiger partial charge on any atom is -0.391 e. The fraction of sp³-hybridized carbons (Fsp3) is 0.231. The van der Waals surface area contributed by atoms with Crippen LogP contribution in [0.1, 0.15) is 22.6 Å². The summed E-state index contributed by atoms with van der Waals surface area (Å²) in [6, 6.07) is 7.34. The van der Waals surface area contributed by atoms with Crippen molar-refractivity contribution in [2.45, 2.75) is 20.5 Å². The maximum absolute atomic E-state index is 5.78. The van der Waals surface area contributed by atoms with E-state index in [4.69, 9.17) is 21.0 Å². The smallest absolute Gasteiger partial charge is 0.147 e. The third-order valence-electron chi connectivity index (χ3n) is 2.54. The number of rotatable bonds is 4. The van der Waals surface area contributed by atoms with Crippen molar-refractivity contribution in [3.05, 3.63) is 51.9 Å². The van der Waals surface area contributed by atoms with Crippen LogP contribution in [-0.2, 0) is 11.4 Å². The van der Waals surface area contributed by atoms with Gasteiger partial charge in [-0.1, -0.05) is 34.0 Å². The van der Waals surface area contributed by atoms with E-state index >= 15 is 0 Å². The Morgan fingerprint density at radius 2 is 2.06 bits per heavy atom. The van der Waals surface area contributed by atoms with Gasteiger partial charge in [0.25, 0.3) is 0 Å². The average Bonchev–Trinajstić information content (AvgIpc) is 2.68. The Labute approximate surface area is 110 Å². The molecule has 0 aliphatic carbocycles. The van der Waals surface area contributed by atoms with Gasteiger partial charge in [-0.05, 0) is 31.5 Å². The van der Waals surface area contributed by atoms with Gasteiger partial charge in [0, 0.05) is 5.02 Å². The Hall–Kier alpha value is -1.81. The second-order valence-corrected chi connectivity index (χ2v) is 4.30. The first kappa shape index (κ1) is 12.6. The van der Waals surface area contributed by atoms with Crippen LogP contribution in [0.2, 0.25) is 5.02 Å². The summed E-state index contributed by atoms with van der Waals surface area (Å²) in [5.74, 6) is 0.759. The molecule has 0 atom stereocenters. The summed E-state index contributed by atoms with van der Waals surface area (Å²) in [4.78, 5) is 5.21. The Kier molecular flexibility index (Phi) is 3.99. The van der Waals surface area contributed by atoms with Crippen LogP contribution in [0.3, 0.4) is 0 Å². The first-order chi connectivity index (χ1) is 8.66. The van der Waals surface area contributed by atoms with Crippen molar-refractivity contribution in [2.75, 3.05) is 0 Å². The summed E-state index contributed by atoms with van der Waals surface area (Å²) in [7, 11) is 0. The molecule has 0 unspecified atom stereocenters. The lowest BCUT2D eigenvalue weighted by Crippen LogP contribution is -1.91. The highest BCUT2D eigenvalue weighted by atomic mass is 35.5. The SMILES string of the molecule is Cc1noc(C)c1CON=Cc1ccc(Cl)cc1. The van der Waals surface area contributed by atoms with Crippen LogP contribution in [0.4, 0.5) is 0 Å². The van der Waals surface area contributed by atoms with Gasteiger partial charge in [0.1, 0.15) is 12.4 Å². The fourth-order valence-corrected chi connectivity index (χ4v) is 1.58. The summed E-state index contributed by atoms with van der Waals surface area (Å²) in [5, 5.41) is 8.43. The molecule has 2 aromatic rings. The van der Waals surface area contributed by atoms with Crippen LogP contribution in [0.25, 0.3) is 0 Å². The van der Waals surface area contributed by atoms with Gasteiger partial charge in [0.15, 0.2) is 0 Å². The first-order valence-electron chi connectivity index (χ1n) is 5.49. The van der Waals surface area contributed by atoms with Crippen LogP contribution in [-0.4, -0.2) is 11.4 Å². The lowest BCUT2D eigenvalue weighted by Gasteiger charge is -1.98. The molecule has 0 fully saturated rings. The number of halogens is 1. The van der Waals surface area contributed by atoms with E-state index in [-0.39, 0.29) is 0 Å². The molecule has 94 valence electrons. The molecule has 0 bridgehead atoms. The van der Waals surface area contributed by atoms with Gasteiger partial charge in [0.05, 0.1) is 17.5 Å². The Bertz CT molecular complexity index is 527. The van der Waals surface area contributed by atoms with Gasteiger partial charge in [-0.3, -0.25) is 0 Å². The van der Waals surface area contributed by atoms with Crippen molar-refractivity contribution in [2.24, 2.45) is 5.16 Å². The molecule has 18 heavy (non-hydrogen) atoms. The summed E-state index contributed by atoms with van der Waals surface area (Å²) in [6.45, 7) is 4.07. The molecule has 0 aliphatic rings. The normalized spacial score (nSPS) is 11.1. The van der Waals surface area contributed by atoms with Crippen LogP contribution < -0.4 is 0 Å². The number of oxime groups is 1. The number of benzene rings is 1. The maximum Gasteiger partial charge on any atom is 0.147 e. The molecule has 2 rings (SSSR count). The summed E-state index contributed by atoms with van der Waals surface area (Å²) in [5.41, 5.74) is 2.69. The van der Waals surface area contributed by atoms with E-state index < -0.39 is 0 Å². The van der Waals surface area contributed by atoms with Gasteiger partial charge < -0.3 is 9.36 Å². The summed E-state index contributed by atoms with van der Waals surface area (Å²) in [6.07, 6.45) is 1.63. The monoisotopic (exact) mass is 264 g/mol. The molecular formula is C13H13ClN2O2. The predicted molar refractivity (Wildman–Crippen MR) is 69.8 cm³/mol. The van der Waals surface area contributed by atoms with E-state index in [1.807, 2.05) is 26.0 Å². The zero-order chi connectivity index (χ0) is 13.0. The Balaban J connectivity index is 1.91. The van der Waals surface area contributed by atoms with E-state index in [0.29, 0.717) is 11.6 Å². The van der Waals surface area contributed by atoms with Gasteiger partial charge >= 0.3 is 0 Å². The van der Waals surface area contributed by atoms with E-state index in [0.717, 1.165) is 22.6 Å². The number of hydrogen-bond acceptors (Lipinski definition) is 4. The highest BCUT2D eigenvalue weighted by Gasteiger charge is 2.08. The molecule has 0 aliphatic heterocycles. The van der Waals surface area contributed by atoms with Crippen LogP contribution in [0, 0.1) is 13.8 Å². The average molecular weight is 265 g/mol. The van der Waals surface area contributed by atoms with Gasteiger partial charge in [-0.25, -0.2) is 0 Å². The Morgan fingerprint density at radius 3 is 2.67 bits per heavy atom. The van der Waals surface area contributed by atoms with E-state index in [1.54, 1.807) is 18.3 Å². The molecule has 0 radical (unpaired) electrons. The minimum atomic E-state index is 0.352. The lowest BCUT2D eigenvalue weighted by molar-refractivity contribution is 0.130. The fourth-order valence-electron chi connectivity index (χ4n) is 1.46. The predicted octanol–water partition coefficient (Wildman–Crippen LogP) is 3.50. The second kappa shape index (κ2) is 5.69. The standard InChI is InChI=1S/C13H13ClN2O2/c1-9-13(10(2)18-16-9)8-17-15-7-11-3-5-12(14)6-4-11/h3-7H,8H2,1-2H3. The third kappa shape index (κ3) is 3.11. The number of hydrogen-bond donors (Lipinski definition) is 0. The topological polar surface area (TPSA) is 47.6 Å². The highest BCUT2D eigenvalue weighted by molar-refractivity contribution is 6.30. The Morgan fingerprint density at radius 1 is 1.33 bits per heavy atom. The van der Waals surface area contributed by atoms with Crippen molar-refractivity contribution in [1.82, 2.24) is 5.16 Å². The van der Waals surface area contributed by atoms with E-state index in [1.165, 1.54) is 0 Å². The van der Waals surface area contributed by atoms with Crippen LogP contribution in [0.5, 0.6) is 0 Å². The van der Waals surface area contributed by atoms with Gasteiger partial charge in [0.2, 0.25) is 0 Å². The minimum absolute atomic E-state index is 0.352.